The number of aromatic nitrogens is 3. The molecule has 112 valence electrons. The summed E-state index contributed by atoms with van der Waals surface area (Å²) < 4.78 is 1.84. The summed E-state index contributed by atoms with van der Waals surface area (Å²) in [7, 11) is 0. The van der Waals surface area contributed by atoms with Crippen LogP contribution in [0.25, 0.3) is 0 Å². The molecule has 2 rings (SSSR count). The summed E-state index contributed by atoms with van der Waals surface area (Å²) in [6.45, 7) is 8.21. The highest BCUT2D eigenvalue weighted by molar-refractivity contribution is 5.92. The molecule has 0 aromatic carbocycles. The van der Waals surface area contributed by atoms with Crippen LogP contribution < -0.4 is 10.6 Å². The van der Waals surface area contributed by atoms with E-state index in [4.69, 9.17) is 0 Å². The number of carbonyl (C=O) groups excluding carboxylic acids is 1. The lowest BCUT2D eigenvalue weighted by Crippen LogP contribution is -2.45. The van der Waals surface area contributed by atoms with E-state index in [1.807, 2.05) is 4.68 Å². The first-order valence-electron chi connectivity index (χ1n) is 7.53. The zero-order valence-electron chi connectivity index (χ0n) is 12.6. The Bertz CT molecular complexity index is 446. The summed E-state index contributed by atoms with van der Waals surface area (Å²) in [4.78, 5) is 12.2. The van der Waals surface area contributed by atoms with Gasteiger partial charge >= 0.3 is 0 Å². The molecule has 0 radical (unpaired) electrons. The van der Waals surface area contributed by atoms with Crippen molar-refractivity contribution in [2.24, 2.45) is 0 Å². The second kappa shape index (κ2) is 6.35. The molecule has 0 atom stereocenters. The fourth-order valence-corrected chi connectivity index (χ4v) is 2.40. The average Bonchev–Trinajstić information content (AvgIpc) is 2.98. The number of piperidine rings is 1. The Labute approximate surface area is 120 Å². The third-order valence-electron chi connectivity index (χ3n) is 4.40. The van der Waals surface area contributed by atoms with Gasteiger partial charge in [0.25, 0.3) is 5.91 Å². The van der Waals surface area contributed by atoms with Crippen LogP contribution in [0.1, 0.15) is 63.0 Å². The third kappa shape index (κ3) is 3.36. The van der Waals surface area contributed by atoms with Crippen LogP contribution in [0.3, 0.4) is 0 Å². The molecule has 1 aromatic heterocycles. The summed E-state index contributed by atoms with van der Waals surface area (Å²) >= 11 is 0. The number of nitrogens with one attached hydrogen (secondary N) is 2. The third-order valence-corrected chi connectivity index (χ3v) is 4.40. The van der Waals surface area contributed by atoms with Gasteiger partial charge < -0.3 is 10.6 Å². The minimum Gasteiger partial charge on any atom is -0.345 e. The van der Waals surface area contributed by atoms with Gasteiger partial charge in [-0.05, 0) is 45.7 Å². The van der Waals surface area contributed by atoms with Crippen molar-refractivity contribution in [3.05, 3.63) is 11.9 Å². The van der Waals surface area contributed by atoms with Gasteiger partial charge in [0.1, 0.15) is 0 Å². The highest BCUT2D eigenvalue weighted by atomic mass is 16.2. The summed E-state index contributed by atoms with van der Waals surface area (Å²) in [5.74, 6) is -0.128. The topological polar surface area (TPSA) is 71.8 Å². The highest BCUT2D eigenvalue weighted by Gasteiger charge is 2.25. The van der Waals surface area contributed by atoms with Crippen LogP contribution in [0.5, 0.6) is 0 Å². The molecule has 2 heterocycles. The second-order valence-corrected chi connectivity index (χ2v) is 5.79. The quantitative estimate of drug-likeness (QED) is 0.857. The van der Waals surface area contributed by atoms with Gasteiger partial charge in [-0.2, -0.15) is 0 Å². The van der Waals surface area contributed by atoms with E-state index < -0.39 is 0 Å². The summed E-state index contributed by atoms with van der Waals surface area (Å²) in [5.41, 5.74) is 0.243. The lowest BCUT2D eigenvalue weighted by Gasteiger charge is -2.27. The van der Waals surface area contributed by atoms with E-state index in [2.05, 4.69) is 41.7 Å². The Morgan fingerprint density at radius 2 is 2.10 bits per heavy atom. The van der Waals surface area contributed by atoms with Gasteiger partial charge in [0.15, 0.2) is 5.69 Å². The molecule has 1 saturated heterocycles. The molecule has 20 heavy (non-hydrogen) atoms. The van der Waals surface area contributed by atoms with Gasteiger partial charge in [-0.1, -0.05) is 19.1 Å². The molecule has 1 aliphatic heterocycles. The normalized spacial score (nSPS) is 17.1. The minimum absolute atomic E-state index is 0.128. The number of carbonyl (C=O) groups is 1. The van der Waals surface area contributed by atoms with Crippen molar-refractivity contribution < 1.29 is 4.79 Å². The van der Waals surface area contributed by atoms with E-state index in [1.165, 1.54) is 0 Å². The minimum atomic E-state index is -0.171. The monoisotopic (exact) mass is 279 g/mol. The molecule has 0 bridgehead atoms. The summed E-state index contributed by atoms with van der Waals surface area (Å²) in [6.07, 6.45) is 5.64. The molecule has 1 fully saturated rings. The fourth-order valence-electron chi connectivity index (χ4n) is 2.40. The van der Waals surface area contributed by atoms with Gasteiger partial charge in [-0.3, -0.25) is 4.79 Å². The molecule has 0 aliphatic carbocycles. The van der Waals surface area contributed by atoms with Gasteiger partial charge in [-0.15, -0.1) is 5.10 Å². The average molecular weight is 279 g/mol. The van der Waals surface area contributed by atoms with E-state index in [0.29, 0.717) is 11.7 Å². The molecule has 0 saturated carbocycles. The largest absolute Gasteiger partial charge is 0.345 e. The Kier molecular flexibility index (Phi) is 4.75. The van der Waals surface area contributed by atoms with E-state index in [9.17, 15) is 4.79 Å². The molecule has 2 N–H and O–H groups in total. The van der Waals surface area contributed by atoms with E-state index in [1.54, 1.807) is 6.20 Å². The highest BCUT2D eigenvalue weighted by Crippen LogP contribution is 2.18. The fraction of sp³-hybridized carbons (Fsp3) is 0.786. The first kappa shape index (κ1) is 15.0. The smallest absolute Gasteiger partial charge is 0.273 e. The number of hydrogen-bond acceptors (Lipinski definition) is 4. The van der Waals surface area contributed by atoms with Crippen molar-refractivity contribution >= 4 is 5.91 Å². The van der Waals surface area contributed by atoms with Crippen LogP contribution in [-0.2, 0) is 0 Å². The van der Waals surface area contributed by atoms with Gasteiger partial charge in [-0.25, -0.2) is 4.68 Å². The van der Waals surface area contributed by atoms with E-state index in [0.717, 1.165) is 38.8 Å². The Morgan fingerprint density at radius 1 is 1.45 bits per heavy atom. The van der Waals surface area contributed by atoms with E-state index >= 15 is 0 Å². The van der Waals surface area contributed by atoms with Crippen LogP contribution in [0.2, 0.25) is 0 Å². The lowest BCUT2D eigenvalue weighted by molar-refractivity contribution is 0.0895. The second-order valence-electron chi connectivity index (χ2n) is 5.79. The lowest BCUT2D eigenvalue weighted by atomic mass is 9.95. The van der Waals surface area contributed by atoms with Crippen LogP contribution >= 0.6 is 0 Å². The molecular weight excluding hydrogens is 254 g/mol. The van der Waals surface area contributed by atoms with Crippen LogP contribution in [0.15, 0.2) is 6.20 Å². The van der Waals surface area contributed by atoms with Crippen LogP contribution in [0, 0.1) is 0 Å². The number of amides is 1. The number of hydrogen-bond donors (Lipinski definition) is 2. The molecule has 6 heteroatoms. The number of rotatable bonds is 5. The standard InChI is InChI=1S/C14H25N5O/c1-4-14(3,5-2)16-13(20)12-10-19(18-17-12)11-6-8-15-9-7-11/h10-11,15H,4-9H2,1-3H3,(H,16,20). The summed E-state index contributed by atoms with van der Waals surface area (Å²) in [5, 5.41) is 14.5. The molecule has 0 spiro atoms. The van der Waals surface area contributed by atoms with Gasteiger partial charge in [0.05, 0.1) is 12.2 Å². The van der Waals surface area contributed by atoms with E-state index in [-0.39, 0.29) is 11.4 Å². The van der Waals surface area contributed by atoms with Crippen molar-refractivity contribution in [3.63, 3.8) is 0 Å². The van der Waals surface area contributed by atoms with Crippen molar-refractivity contribution in [1.82, 2.24) is 25.6 Å². The van der Waals surface area contributed by atoms with Gasteiger partial charge in [0, 0.05) is 5.54 Å². The summed E-state index contributed by atoms with van der Waals surface area (Å²) in [6, 6.07) is 0.356. The predicted molar refractivity (Wildman–Crippen MR) is 77.6 cm³/mol. The van der Waals surface area contributed by atoms with Crippen molar-refractivity contribution in [2.75, 3.05) is 13.1 Å². The molecule has 6 nitrogen and oxygen atoms in total. The van der Waals surface area contributed by atoms with Crippen molar-refractivity contribution in [1.29, 1.82) is 0 Å². The van der Waals surface area contributed by atoms with Crippen molar-refractivity contribution in [2.45, 2.75) is 58.0 Å². The molecular formula is C14H25N5O. The van der Waals surface area contributed by atoms with Crippen molar-refractivity contribution in [3.8, 4) is 0 Å². The maximum Gasteiger partial charge on any atom is 0.273 e. The van der Waals surface area contributed by atoms with Gasteiger partial charge in [0.2, 0.25) is 0 Å². The first-order valence-corrected chi connectivity index (χ1v) is 7.53. The molecule has 1 aromatic rings. The van der Waals surface area contributed by atoms with Crippen LogP contribution in [-0.4, -0.2) is 39.5 Å². The SMILES string of the molecule is CCC(C)(CC)NC(=O)c1cn(C2CCNCC2)nn1. The van der Waals surface area contributed by atoms with Crippen LogP contribution in [0.4, 0.5) is 0 Å². The predicted octanol–water partition coefficient (Wildman–Crippen LogP) is 1.51. The zero-order chi connectivity index (χ0) is 14.6. The maximum absolute atomic E-state index is 12.2. The molecule has 1 aliphatic rings. The Hall–Kier alpha value is -1.43. The maximum atomic E-state index is 12.2. The molecule has 0 unspecified atom stereocenters. The number of nitrogens with zero attached hydrogens (tertiary/aromatic N) is 3. The zero-order valence-corrected chi connectivity index (χ0v) is 12.6. The molecule has 1 amide bonds. The Balaban J connectivity index is 2.02. The Morgan fingerprint density at radius 3 is 2.70 bits per heavy atom. The first-order chi connectivity index (χ1) is 9.58.